The van der Waals surface area contributed by atoms with Crippen molar-refractivity contribution in [2.45, 2.75) is 39.5 Å². The molecule has 1 aliphatic rings. The molecule has 0 aliphatic heterocycles. The van der Waals surface area contributed by atoms with E-state index >= 15 is 0 Å². The van der Waals surface area contributed by atoms with Crippen molar-refractivity contribution in [3.63, 3.8) is 0 Å². The summed E-state index contributed by atoms with van der Waals surface area (Å²) in [5, 5.41) is 0. The predicted molar refractivity (Wildman–Crippen MR) is 76.8 cm³/mol. The highest BCUT2D eigenvalue weighted by Crippen LogP contribution is 2.41. The predicted octanol–water partition coefficient (Wildman–Crippen LogP) is 3.01. The molecule has 2 rings (SSSR count). The van der Waals surface area contributed by atoms with Crippen LogP contribution < -0.4 is 10.5 Å². The van der Waals surface area contributed by atoms with Gasteiger partial charge in [-0.3, -0.25) is 4.79 Å². The van der Waals surface area contributed by atoms with E-state index in [-0.39, 0.29) is 11.2 Å². The molecule has 1 fully saturated rings. The van der Waals surface area contributed by atoms with E-state index in [9.17, 15) is 4.79 Å². The number of nitrogens with two attached hydrogens (primary N) is 1. The number of ketones is 1. The van der Waals surface area contributed by atoms with Crippen LogP contribution in [0.15, 0.2) is 12.1 Å². The number of Topliss-reactive ketones (excluding diaryl/α,β-unsaturated/α-hetero) is 1. The van der Waals surface area contributed by atoms with E-state index in [0.717, 1.165) is 48.1 Å². The summed E-state index contributed by atoms with van der Waals surface area (Å²) in [5.74, 6) is 1.05. The molecule has 2 N–H and O–H groups in total. The Morgan fingerprint density at radius 1 is 1.26 bits per heavy atom. The van der Waals surface area contributed by atoms with E-state index in [1.54, 1.807) is 7.11 Å². The van der Waals surface area contributed by atoms with Crippen LogP contribution in [0.3, 0.4) is 0 Å². The highest BCUT2D eigenvalue weighted by molar-refractivity contribution is 6.02. The minimum atomic E-state index is -0.328. The maximum Gasteiger partial charge on any atom is 0.170 e. The molecule has 0 unspecified atom stereocenters. The topological polar surface area (TPSA) is 52.3 Å². The van der Waals surface area contributed by atoms with Crippen LogP contribution in [0.2, 0.25) is 0 Å². The van der Waals surface area contributed by atoms with Crippen molar-refractivity contribution in [3.8, 4) is 5.75 Å². The van der Waals surface area contributed by atoms with Gasteiger partial charge >= 0.3 is 0 Å². The normalized spacial score (nSPS) is 17.5. The van der Waals surface area contributed by atoms with Crippen molar-refractivity contribution in [1.82, 2.24) is 0 Å². The van der Waals surface area contributed by atoms with Crippen molar-refractivity contribution in [2.24, 2.45) is 11.1 Å². The van der Waals surface area contributed by atoms with Crippen LogP contribution in [-0.4, -0.2) is 19.4 Å². The number of carbonyl (C=O) groups excluding carboxylic acids is 1. The molecule has 19 heavy (non-hydrogen) atoms. The van der Waals surface area contributed by atoms with Crippen molar-refractivity contribution < 1.29 is 9.53 Å². The van der Waals surface area contributed by atoms with E-state index in [4.69, 9.17) is 10.5 Å². The minimum Gasteiger partial charge on any atom is -0.496 e. The number of benzene rings is 1. The Labute approximate surface area is 115 Å². The Kier molecular flexibility index (Phi) is 3.95. The number of rotatable bonds is 4. The van der Waals surface area contributed by atoms with Crippen LogP contribution >= 0.6 is 0 Å². The zero-order chi connectivity index (χ0) is 14.0. The van der Waals surface area contributed by atoms with E-state index < -0.39 is 0 Å². The second-order valence-electron chi connectivity index (χ2n) is 5.66. The summed E-state index contributed by atoms with van der Waals surface area (Å²) in [6.07, 6.45) is 4.06. The van der Waals surface area contributed by atoms with E-state index in [0.29, 0.717) is 6.54 Å². The Hall–Kier alpha value is -1.35. The van der Waals surface area contributed by atoms with Crippen LogP contribution in [0.4, 0.5) is 0 Å². The van der Waals surface area contributed by atoms with Gasteiger partial charge in [-0.25, -0.2) is 0 Å². The molecule has 0 bridgehead atoms. The van der Waals surface area contributed by atoms with E-state index in [2.05, 4.69) is 0 Å². The Bertz CT molecular complexity index is 488. The van der Waals surface area contributed by atoms with Crippen molar-refractivity contribution in [2.75, 3.05) is 13.7 Å². The lowest BCUT2D eigenvalue weighted by Crippen LogP contribution is -2.36. The molecule has 0 radical (unpaired) electrons. The number of carbonyl (C=O) groups is 1. The fourth-order valence-corrected chi connectivity index (χ4v) is 3.12. The SMILES string of the molecule is COc1cc(C)c(C(=O)C2(CN)CCCC2)cc1C. The van der Waals surface area contributed by atoms with Gasteiger partial charge in [0.05, 0.1) is 7.11 Å². The van der Waals surface area contributed by atoms with Crippen LogP contribution in [0.5, 0.6) is 5.75 Å². The maximum atomic E-state index is 12.9. The van der Waals surface area contributed by atoms with Crippen LogP contribution in [0.1, 0.15) is 47.2 Å². The fraction of sp³-hybridized carbons (Fsp3) is 0.562. The van der Waals surface area contributed by atoms with Gasteiger partial charge in [0.25, 0.3) is 0 Å². The molecule has 1 saturated carbocycles. The Morgan fingerprint density at radius 3 is 2.42 bits per heavy atom. The number of ether oxygens (including phenoxy) is 1. The smallest absolute Gasteiger partial charge is 0.170 e. The molecule has 0 spiro atoms. The summed E-state index contributed by atoms with van der Waals surface area (Å²) in [6.45, 7) is 4.39. The van der Waals surface area contributed by atoms with Gasteiger partial charge in [0, 0.05) is 17.5 Å². The average Bonchev–Trinajstić information content (AvgIpc) is 2.90. The number of aryl methyl sites for hydroxylation is 2. The molecule has 3 nitrogen and oxygen atoms in total. The van der Waals surface area contributed by atoms with Gasteiger partial charge in [0.1, 0.15) is 5.75 Å². The lowest BCUT2D eigenvalue weighted by molar-refractivity contribution is 0.0809. The number of methoxy groups -OCH3 is 1. The van der Waals surface area contributed by atoms with Gasteiger partial charge in [0.15, 0.2) is 5.78 Å². The first-order valence-electron chi connectivity index (χ1n) is 6.94. The highest BCUT2D eigenvalue weighted by Gasteiger charge is 2.40. The zero-order valence-electron chi connectivity index (χ0n) is 12.1. The van der Waals surface area contributed by atoms with Crippen molar-refractivity contribution >= 4 is 5.78 Å². The lowest BCUT2D eigenvalue weighted by atomic mass is 9.77. The summed E-state index contributed by atoms with van der Waals surface area (Å²) in [5.41, 5.74) is 8.37. The molecule has 1 aliphatic carbocycles. The maximum absolute atomic E-state index is 12.9. The summed E-state index contributed by atoms with van der Waals surface area (Å²) < 4.78 is 5.30. The molecule has 1 aromatic rings. The first kappa shape index (κ1) is 14.1. The molecule has 104 valence electrons. The van der Waals surface area contributed by atoms with Gasteiger partial charge in [-0.2, -0.15) is 0 Å². The standard InChI is InChI=1S/C16H23NO2/c1-11-9-14(19-3)12(2)8-13(11)15(18)16(10-17)6-4-5-7-16/h8-9H,4-7,10,17H2,1-3H3. The van der Waals surface area contributed by atoms with Crippen LogP contribution in [0.25, 0.3) is 0 Å². The van der Waals surface area contributed by atoms with Crippen LogP contribution in [0, 0.1) is 19.3 Å². The summed E-state index contributed by atoms with van der Waals surface area (Å²) >= 11 is 0. The van der Waals surface area contributed by atoms with Crippen molar-refractivity contribution in [1.29, 1.82) is 0 Å². The third-order valence-corrected chi connectivity index (χ3v) is 4.42. The third kappa shape index (κ3) is 2.39. The van der Waals surface area contributed by atoms with Crippen LogP contribution in [-0.2, 0) is 0 Å². The first-order chi connectivity index (χ1) is 9.04. The quantitative estimate of drug-likeness (QED) is 0.848. The Balaban J connectivity index is 2.41. The van der Waals surface area contributed by atoms with E-state index in [1.807, 2.05) is 26.0 Å². The summed E-state index contributed by atoms with van der Waals surface area (Å²) in [6, 6.07) is 3.90. The monoisotopic (exact) mass is 261 g/mol. The van der Waals surface area contributed by atoms with E-state index in [1.165, 1.54) is 0 Å². The molecular formula is C16H23NO2. The third-order valence-electron chi connectivity index (χ3n) is 4.42. The van der Waals surface area contributed by atoms with Gasteiger partial charge in [-0.1, -0.05) is 12.8 Å². The lowest BCUT2D eigenvalue weighted by Gasteiger charge is -2.26. The van der Waals surface area contributed by atoms with Gasteiger partial charge < -0.3 is 10.5 Å². The summed E-state index contributed by atoms with van der Waals surface area (Å²) in [7, 11) is 1.65. The molecule has 0 saturated heterocycles. The molecule has 0 atom stereocenters. The first-order valence-corrected chi connectivity index (χ1v) is 6.94. The number of hydrogen-bond donors (Lipinski definition) is 1. The minimum absolute atomic E-state index is 0.218. The molecule has 0 amide bonds. The second kappa shape index (κ2) is 5.33. The van der Waals surface area contributed by atoms with Gasteiger partial charge in [-0.05, 0) is 49.9 Å². The van der Waals surface area contributed by atoms with Gasteiger partial charge in [0.2, 0.25) is 0 Å². The second-order valence-corrected chi connectivity index (χ2v) is 5.66. The summed E-state index contributed by atoms with van der Waals surface area (Å²) in [4.78, 5) is 12.9. The number of hydrogen-bond acceptors (Lipinski definition) is 3. The molecular weight excluding hydrogens is 238 g/mol. The molecule has 0 aromatic heterocycles. The molecule has 3 heteroatoms. The van der Waals surface area contributed by atoms with Gasteiger partial charge in [-0.15, -0.1) is 0 Å². The molecule has 1 aromatic carbocycles. The fourth-order valence-electron chi connectivity index (χ4n) is 3.12. The largest absolute Gasteiger partial charge is 0.496 e. The average molecular weight is 261 g/mol. The highest BCUT2D eigenvalue weighted by atomic mass is 16.5. The van der Waals surface area contributed by atoms with Crippen molar-refractivity contribution in [3.05, 3.63) is 28.8 Å². The molecule has 0 heterocycles. The Morgan fingerprint density at radius 2 is 1.89 bits per heavy atom. The zero-order valence-corrected chi connectivity index (χ0v) is 12.1.